The summed E-state index contributed by atoms with van der Waals surface area (Å²) in [4.78, 5) is 19.2. The number of carbonyl (C=O) groups excluding carboxylic acids is 1. The Hall–Kier alpha value is -2.47. The molecule has 0 unspecified atom stereocenters. The Morgan fingerprint density at radius 1 is 1.40 bits per heavy atom. The zero-order chi connectivity index (χ0) is 14.1. The van der Waals surface area contributed by atoms with Crippen LogP contribution in [0.5, 0.6) is 0 Å². The lowest BCUT2D eigenvalue weighted by Crippen LogP contribution is -2.12. The molecule has 6 heteroatoms. The van der Waals surface area contributed by atoms with Crippen LogP contribution in [0.25, 0.3) is 11.1 Å². The highest BCUT2D eigenvalue weighted by Gasteiger charge is 2.09. The van der Waals surface area contributed by atoms with E-state index in [2.05, 4.69) is 15.3 Å². The van der Waals surface area contributed by atoms with Crippen molar-refractivity contribution in [1.82, 2.24) is 9.97 Å². The number of aryl methyl sites for hydroxylation is 1. The van der Waals surface area contributed by atoms with Crippen molar-refractivity contribution in [2.45, 2.75) is 6.92 Å². The summed E-state index contributed by atoms with van der Waals surface area (Å²) >= 11 is 5.08. The van der Waals surface area contributed by atoms with Crippen LogP contribution < -0.4 is 5.32 Å². The number of hydrogen-bond donors (Lipinski definition) is 2. The molecule has 100 valence electrons. The van der Waals surface area contributed by atoms with Crippen LogP contribution in [-0.4, -0.2) is 15.9 Å². The van der Waals surface area contributed by atoms with Crippen LogP contribution in [0, 0.1) is 11.6 Å². The fraction of sp³-hybridized carbons (Fsp3) is 0.0714. The highest BCUT2D eigenvalue weighted by Crippen LogP contribution is 2.20. The maximum Gasteiger partial charge on any atom is 0.258 e. The van der Waals surface area contributed by atoms with Crippen LogP contribution in [0.1, 0.15) is 16.2 Å². The maximum atomic E-state index is 12.1. The van der Waals surface area contributed by atoms with E-state index in [4.69, 9.17) is 16.6 Å². The number of H-pyrrole nitrogens is 1. The predicted octanol–water partition coefficient (Wildman–Crippen LogP) is 3.45. The maximum absolute atomic E-state index is 12.1. The molecule has 0 atom stereocenters. The van der Waals surface area contributed by atoms with Crippen LogP contribution in [0.2, 0.25) is 0 Å². The average molecular weight is 285 g/mol. The van der Waals surface area contributed by atoms with Gasteiger partial charge >= 0.3 is 0 Å². The number of aromatic amines is 1. The molecule has 1 amide bonds. The molecule has 3 rings (SSSR count). The fourth-order valence-electron chi connectivity index (χ4n) is 1.92. The van der Waals surface area contributed by atoms with Gasteiger partial charge in [-0.25, -0.2) is 4.98 Å². The largest absolute Gasteiger partial charge is 0.441 e. The van der Waals surface area contributed by atoms with Gasteiger partial charge in [-0.15, -0.1) is 0 Å². The number of rotatable bonds is 2. The molecule has 1 aromatic carbocycles. The van der Waals surface area contributed by atoms with Gasteiger partial charge in [0.15, 0.2) is 11.5 Å². The van der Waals surface area contributed by atoms with Gasteiger partial charge in [0.2, 0.25) is 0 Å². The number of oxazole rings is 1. The van der Waals surface area contributed by atoms with Crippen molar-refractivity contribution < 1.29 is 9.21 Å². The van der Waals surface area contributed by atoms with E-state index in [0.717, 1.165) is 5.52 Å². The van der Waals surface area contributed by atoms with Crippen molar-refractivity contribution in [3.63, 3.8) is 0 Å². The van der Waals surface area contributed by atoms with Crippen LogP contribution >= 0.6 is 12.2 Å². The first kappa shape index (κ1) is 12.6. The van der Waals surface area contributed by atoms with Crippen LogP contribution in [0.15, 0.2) is 40.9 Å². The van der Waals surface area contributed by atoms with Gasteiger partial charge in [-0.3, -0.25) is 4.79 Å². The first-order valence-electron chi connectivity index (χ1n) is 6.00. The third-order valence-electron chi connectivity index (χ3n) is 2.82. The van der Waals surface area contributed by atoms with E-state index in [1.807, 2.05) is 0 Å². The zero-order valence-electron chi connectivity index (χ0n) is 10.6. The third kappa shape index (κ3) is 2.33. The Morgan fingerprint density at radius 2 is 2.25 bits per heavy atom. The Labute approximate surface area is 119 Å². The molecular formula is C14H11N3O2S. The summed E-state index contributed by atoms with van der Waals surface area (Å²) < 4.78 is 5.83. The Morgan fingerprint density at radius 3 is 3.05 bits per heavy atom. The van der Waals surface area contributed by atoms with Gasteiger partial charge in [-0.2, -0.15) is 0 Å². The van der Waals surface area contributed by atoms with E-state index in [1.54, 1.807) is 43.5 Å². The van der Waals surface area contributed by atoms with E-state index in [-0.39, 0.29) is 5.91 Å². The highest BCUT2D eigenvalue weighted by molar-refractivity contribution is 7.71. The Bertz CT molecular complexity index is 851. The van der Waals surface area contributed by atoms with Crippen molar-refractivity contribution >= 4 is 34.9 Å². The van der Waals surface area contributed by atoms with Gasteiger partial charge in [-0.05, 0) is 24.3 Å². The van der Waals surface area contributed by atoms with Crippen LogP contribution in [0.3, 0.4) is 0 Å². The van der Waals surface area contributed by atoms with Gasteiger partial charge in [0.05, 0.1) is 5.56 Å². The SMILES string of the molecule is Cc1nc2ccc(NC(=O)c3ccc[nH]c3=S)cc2o1. The molecule has 2 N–H and O–H groups in total. The van der Waals surface area contributed by atoms with Crippen molar-refractivity contribution in [3.8, 4) is 0 Å². The molecule has 0 aliphatic heterocycles. The number of hydrogen-bond acceptors (Lipinski definition) is 4. The molecule has 0 saturated carbocycles. The van der Waals surface area contributed by atoms with Crippen molar-refractivity contribution in [2.24, 2.45) is 0 Å². The van der Waals surface area contributed by atoms with E-state index < -0.39 is 0 Å². The third-order valence-corrected chi connectivity index (χ3v) is 3.15. The van der Waals surface area contributed by atoms with Gasteiger partial charge in [-0.1, -0.05) is 12.2 Å². The number of nitrogens with one attached hydrogen (secondary N) is 2. The Kier molecular flexibility index (Phi) is 3.08. The number of anilines is 1. The van der Waals surface area contributed by atoms with Crippen LogP contribution in [-0.2, 0) is 0 Å². The number of amides is 1. The van der Waals surface area contributed by atoms with Crippen molar-refractivity contribution in [1.29, 1.82) is 0 Å². The molecule has 0 aliphatic carbocycles. The molecule has 2 aromatic heterocycles. The molecule has 0 saturated heterocycles. The second kappa shape index (κ2) is 4.90. The second-order valence-corrected chi connectivity index (χ2v) is 4.69. The number of pyridine rings is 1. The smallest absolute Gasteiger partial charge is 0.258 e. The van der Waals surface area contributed by atoms with E-state index in [1.165, 1.54) is 0 Å². The zero-order valence-corrected chi connectivity index (χ0v) is 11.5. The van der Waals surface area contributed by atoms with Crippen LogP contribution in [0.4, 0.5) is 5.69 Å². The topological polar surface area (TPSA) is 70.9 Å². The summed E-state index contributed by atoms with van der Waals surface area (Å²) in [7, 11) is 0. The first-order chi connectivity index (χ1) is 9.63. The quantitative estimate of drug-likeness (QED) is 0.707. The minimum atomic E-state index is -0.262. The van der Waals surface area contributed by atoms with Crippen molar-refractivity contribution in [3.05, 3.63) is 52.6 Å². The van der Waals surface area contributed by atoms with E-state index in [0.29, 0.717) is 27.4 Å². The summed E-state index contributed by atoms with van der Waals surface area (Å²) in [6.45, 7) is 1.78. The van der Waals surface area contributed by atoms with Gasteiger partial charge in [0.1, 0.15) is 10.2 Å². The fourth-order valence-corrected chi connectivity index (χ4v) is 2.15. The molecule has 0 spiro atoms. The lowest BCUT2D eigenvalue weighted by Gasteiger charge is -2.04. The molecule has 20 heavy (non-hydrogen) atoms. The molecule has 0 aliphatic rings. The summed E-state index contributed by atoms with van der Waals surface area (Å²) in [5, 5.41) is 2.79. The highest BCUT2D eigenvalue weighted by atomic mass is 32.1. The summed E-state index contributed by atoms with van der Waals surface area (Å²) in [6.07, 6.45) is 1.68. The summed E-state index contributed by atoms with van der Waals surface area (Å²) in [5.74, 6) is 0.330. The standard InChI is InChI=1S/C14H11N3O2S/c1-8-16-11-5-4-9(7-12(11)19-8)17-13(18)10-3-2-6-15-14(10)20/h2-7H,1H3,(H,15,20)(H,17,18). The molecule has 0 bridgehead atoms. The van der Waals surface area contributed by atoms with Gasteiger partial charge in [0.25, 0.3) is 5.91 Å². The predicted molar refractivity (Wildman–Crippen MR) is 78.3 cm³/mol. The molecule has 5 nitrogen and oxygen atoms in total. The number of fused-ring (bicyclic) bond motifs is 1. The second-order valence-electron chi connectivity index (χ2n) is 4.28. The summed E-state index contributed by atoms with van der Waals surface area (Å²) in [5.41, 5.74) is 2.46. The number of carbonyl (C=O) groups is 1. The number of aromatic nitrogens is 2. The number of nitrogens with zero attached hydrogens (tertiary/aromatic N) is 1. The lowest BCUT2D eigenvalue weighted by atomic mass is 10.2. The molecule has 2 heterocycles. The first-order valence-corrected chi connectivity index (χ1v) is 6.40. The lowest BCUT2D eigenvalue weighted by molar-refractivity contribution is 0.102. The molecule has 3 aromatic rings. The molecular weight excluding hydrogens is 274 g/mol. The van der Waals surface area contributed by atoms with Crippen molar-refractivity contribution in [2.75, 3.05) is 5.32 Å². The molecule has 0 fully saturated rings. The van der Waals surface area contributed by atoms with E-state index in [9.17, 15) is 4.79 Å². The van der Waals surface area contributed by atoms with Gasteiger partial charge in [0, 0.05) is 24.9 Å². The summed E-state index contributed by atoms with van der Waals surface area (Å²) in [6, 6.07) is 8.72. The average Bonchev–Trinajstić information content (AvgIpc) is 2.78. The minimum absolute atomic E-state index is 0.262. The number of benzene rings is 1. The minimum Gasteiger partial charge on any atom is -0.441 e. The monoisotopic (exact) mass is 285 g/mol. The Balaban J connectivity index is 1.91. The van der Waals surface area contributed by atoms with E-state index >= 15 is 0 Å². The molecule has 0 radical (unpaired) electrons. The van der Waals surface area contributed by atoms with Gasteiger partial charge < -0.3 is 14.7 Å². The normalized spacial score (nSPS) is 10.7.